The Morgan fingerprint density at radius 1 is 1.19 bits per heavy atom. The summed E-state index contributed by atoms with van der Waals surface area (Å²) in [7, 11) is 0. The Morgan fingerprint density at radius 3 is 2.10 bits per heavy atom. The molecule has 7 heteroatoms. The van der Waals surface area contributed by atoms with Gasteiger partial charge < -0.3 is 21.1 Å². The van der Waals surface area contributed by atoms with Crippen molar-refractivity contribution in [3.63, 3.8) is 0 Å². The molecule has 1 aromatic carbocycles. The largest absolute Gasteiger partial charge is 0.480 e. The number of anilines is 1. The lowest BCUT2D eigenvalue weighted by Gasteiger charge is -2.34. The first kappa shape index (κ1) is 16.5. The number of nitrogens with two attached hydrogens (primary N) is 1. The van der Waals surface area contributed by atoms with Crippen molar-refractivity contribution >= 4 is 23.6 Å². The maximum Gasteiger partial charge on any atom is 0.323 e. The van der Waals surface area contributed by atoms with Crippen molar-refractivity contribution in [2.45, 2.75) is 26.3 Å². The van der Waals surface area contributed by atoms with Gasteiger partial charge in [0.05, 0.1) is 0 Å². The second kappa shape index (κ2) is 6.25. The highest BCUT2D eigenvalue weighted by Crippen LogP contribution is 2.18. The van der Waals surface area contributed by atoms with Crippen LogP contribution in [0.1, 0.15) is 31.1 Å². The Labute approximate surface area is 122 Å². The van der Waals surface area contributed by atoms with Crippen LogP contribution in [-0.4, -0.2) is 40.0 Å². The summed E-state index contributed by atoms with van der Waals surface area (Å²) < 4.78 is 0. The third kappa shape index (κ3) is 4.79. The van der Waals surface area contributed by atoms with Gasteiger partial charge >= 0.3 is 12.0 Å². The molecule has 0 saturated heterocycles. The fraction of sp³-hybridized carbons (Fsp3) is 0.357. The average Bonchev–Trinajstić information content (AvgIpc) is 2.34. The number of rotatable bonds is 4. The number of urea groups is 1. The molecule has 21 heavy (non-hydrogen) atoms. The first-order valence-electron chi connectivity index (χ1n) is 6.31. The molecular weight excluding hydrogens is 274 g/mol. The van der Waals surface area contributed by atoms with E-state index in [1.54, 1.807) is 20.8 Å². The van der Waals surface area contributed by atoms with Crippen molar-refractivity contribution < 1.29 is 19.5 Å². The van der Waals surface area contributed by atoms with Crippen LogP contribution in [0.2, 0.25) is 0 Å². The molecule has 7 nitrogen and oxygen atoms in total. The van der Waals surface area contributed by atoms with Crippen molar-refractivity contribution in [1.29, 1.82) is 0 Å². The van der Waals surface area contributed by atoms with E-state index in [1.807, 2.05) is 0 Å². The van der Waals surface area contributed by atoms with Gasteiger partial charge in [-0.1, -0.05) is 0 Å². The molecule has 1 rings (SSSR count). The van der Waals surface area contributed by atoms with E-state index in [0.717, 1.165) is 0 Å². The fourth-order valence-corrected chi connectivity index (χ4v) is 1.74. The summed E-state index contributed by atoms with van der Waals surface area (Å²) in [5, 5.41) is 11.3. The second-order valence-corrected chi connectivity index (χ2v) is 5.52. The van der Waals surface area contributed by atoms with Crippen LogP contribution in [-0.2, 0) is 4.79 Å². The second-order valence-electron chi connectivity index (χ2n) is 5.52. The maximum atomic E-state index is 12.4. The topological polar surface area (TPSA) is 113 Å². The Hall–Kier alpha value is -2.57. The zero-order valence-electron chi connectivity index (χ0n) is 12.2. The number of carboxylic acids is 1. The van der Waals surface area contributed by atoms with Crippen LogP contribution in [0, 0.1) is 0 Å². The molecule has 0 bridgehead atoms. The highest BCUT2D eigenvalue weighted by Gasteiger charge is 2.29. The van der Waals surface area contributed by atoms with Crippen molar-refractivity contribution in [3.8, 4) is 0 Å². The van der Waals surface area contributed by atoms with Crippen molar-refractivity contribution in [3.05, 3.63) is 29.8 Å². The van der Waals surface area contributed by atoms with Gasteiger partial charge in [0, 0.05) is 16.8 Å². The van der Waals surface area contributed by atoms with Gasteiger partial charge in [0.25, 0.3) is 5.91 Å². The van der Waals surface area contributed by atoms with E-state index in [4.69, 9.17) is 10.8 Å². The number of carbonyl (C=O) groups is 3. The molecule has 1 aromatic rings. The minimum absolute atomic E-state index is 0.334. The molecule has 4 N–H and O–H groups in total. The number of amides is 3. The summed E-state index contributed by atoms with van der Waals surface area (Å²) in [6.07, 6.45) is 0. The number of hydrogen-bond donors (Lipinski definition) is 3. The number of carboxylic acid groups (broad SMARTS) is 1. The van der Waals surface area contributed by atoms with Gasteiger partial charge in [0.1, 0.15) is 6.54 Å². The highest BCUT2D eigenvalue weighted by molar-refractivity contribution is 5.97. The number of aliphatic carboxylic acids is 1. The van der Waals surface area contributed by atoms with Gasteiger partial charge in [-0.05, 0) is 45.0 Å². The van der Waals surface area contributed by atoms with Crippen LogP contribution < -0.4 is 11.1 Å². The Morgan fingerprint density at radius 2 is 1.71 bits per heavy atom. The van der Waals surface area contributed by atoms with Gasteiger partial charge in [0.2, 0.25) is 0 Å². The van der Waals surface area contributed by atoms with Gasteiger partial charge in [-0.15, -0.1) is 0 Å². The summed E-state index contributed by atoms with van der Waals surface area (Å²) in [4.78, 5) is 35.3. The summed E-state index contributed by atoms with van der Waals surface area (Å²) in [6.45, 7) is 4.90. The van der Waals surface area contributed by atoms with E-state index >= 15 is 0 Å². The van der Waals surface area contributed by atoms with Crippen LogP contribution in [0.4, 0.5) is 10.5 Å². The number of nitrogens with one attached hydrogen (secondary N) is 1. The normalized spacial score (nSPS) is 10.8. The number of nitrogens with zero attached hydrogens (tertiary/aromatic N) is 1. The minimum atomic E-state index is -1.08. The lowest BCUT2D eigenvalue weighted by Crippen LogP contribution is -2.48. The molecule has 0 heterocycles. The maximum absolute atomic E-state index is 12.4. The van der Waals surface area contributed by atoms with Gasteiger partial charge in [-0.25, -0.2) is 4.79 Å². The van der Waals surface area contributed by atoms with E-state index in [1.165, 1.54) is 29.2 Å². The zero-order valence-corrected chi connectivity index (χ0v) is 12.2. The molecule has 0 saturated carbocycles. The summed E-state index contributed by atoms with van der Waals surface area (Å²) in [6, 6.07) is 5.37. The van der Waals surface area contributed by atoms with Crippen LogP contribution in [0.3, 0.4) is 0 Å². The summed E-state index contributed by atoms with van der Waals surface area (Å²) in [5.74, 6) is -1.47. The smallest absolute Gasteiger partial charge is 0.323 e. The number of benzene rings is 1. The Balaban J connectivity index is 2.98. The number of carbonyl (C=O) groups excluding carboxylic acids is 2. The molecule has 0 radical (unpaired) electrons. The van der Waals surface area contributed by atoms with E-state index in [0.29, 0.717) is 11.3 Å². The first-order chi connectivity index (χ1) is 9.61. The van der Waals surface area contributed by atoms with E-state index in [2.05, 4.69) is 5.32 Å². The molecule has 0 aromatic heterocycles. The van der Waals surface area contributed by atoms with E-state index in [-0.39, 0.29) is 6.54 Å². The van der Waals surface area contributed by atoms with Gasteiger partial charge in [-0.3, -0.25) is 9.59 Å². The van der Waals surface area contributed by atoms with E-state index < -0.39 is 23.4 Å². The molecule has 0 unspecified atom stereocenters. The Kier molecular flexibility index (Phi) is 4.91. The fourth-order valence-electron chi connectivity index (χ4n) is 1.74. The van der Waals surface area contributed by atoms with Crippen LogP contribution >= 0.6 is 0 Å². The highest BCUT2D eigenvalue weighted by atomic mass is 16.4. The monoisotopic (exact) mass is 293 g/mol. The van der Waals surface area contributed by atoms with Crippen molar-refractivity contribution in [2.75, 3.05) is 11.9 Å². The first-order valence-corrected chi connectivity index (χ1v) is 6.31. The van der Waals surface area contributed by atoms with Crippen LogP contribution in [0.25, 0.3) is 0 Å². The molecule has 0 spiro atoms. The summed E-state index contributed by atoms with van der Waals surface area (Å²) in [5.41, 5.74) is 5.16. The molecule has 3 amide bonds. The SMILES string of the molecule is CC(C)(C)N(CC(=O)O)C(=O)c1ccc(NC(N)=O)cc1. The number of hydrogen-bond acceptors (Lipinski definition) is 3. The molecule has 0 aliphatic carbocycles. The third-order valence-corrected chi connectivity index (χ3v) is 2.75. The zero-order chi connectivity index (χ0) is 16.2. The third-order valence-electron chi connectivity index (χ3n) is 2.75. The van der Waals surface area contributed by atoms with Crippen molar-refractivity contribution in [1.82, 2.24) is 4.90 Å². The Bertz CT molecular complexity index is 546. The quantitative estimate of drug-likeness (QED) is 0.780. The molecule has 0 aliphatic rings. The molecule has 0 aliphatic heterocycles. The predicted molar refractivity (Wildman–Crippen MR) is 78.1 cm³/mol. The lowest BCUT2D eigenvalue weighted by molar-refractivity contribution is -0.138. The van der Waals surface area contributed by atoms with E-state index in [9.17, 15) is 14.4 Å². The van der Waals surface area contributed by atoms with Gasteiger partial charge in [-0.2, -0.15) is 0 Å². The molecule has 0 atom stereocenters. The molecular formula is C14H19N3O4. The lowest BCUT2D eigenvalue weighted by atomic mass is 10.0. The number of primary amides is 1. The van der Waals surface area contributed by atoms with Gasteiger partial charge in [0.15, 0.2) is 0 Å². The molecule has 114 valence electrons. The van der Waals surface area contributed by atoms with Crippen LogP contribution in [0.5, 0.6) is 0 Å². The predicted octanol–water partition coefficient (Wildman–Crippen LogP) is 1.50. The summed E-state index contributed by atoms with van der Waals surface area (Å²) >= 11 is 0. The standard InChI is InChI=1S/C14H19N3O4/c1-14(2,3)17(8-11(18)19)12(20)9-4-6-10(7-5-9)16-13(15)21/h4-7H,8H2,1-3H3,(H,18,19)(H3,15,16,21). The average molecular weight is 293 g/mol. The van der Waals surface area contributed by atoms with Crippen LogP contribution in [0.15, 0.2) is 24.3 Å². The minimum Gasteiger partial charge on any atom is -0.480 e. The van der Waals surface area contributed by atoms with Crippen molar-refractivity contribution in [2.24, 2.45) is 5.73 Å². The molecule has 0 fully saturated rings.